The van der Waals surface area contributed by atoms with Gasteiger partial charge in [-0.25, -0.2) is 4.79 Å². The monoisotopic (exact) mass is 288 g/mol. The molecule has 1 saturated heterocycles. The number of nitrogens with one attached hydrogen (secondary N) is 1. The average Bonchev–Trinajstić information content (AvgIpc) is 2.33. The Kier molecular flexibility index (Phi) is 6.47. The Balaban J connectivity index is 2.24. The minimum atomic E-state index is -0.0461. The van der Waals surface area contributed by atoms with Gasteiger partial charge in [0, 0.05) is 36.7 Å². The van der Waals surface area contributed by atoms with E-state index in [0.717, 1.165) is 25.9 Å². The fourth-order valence-corrected chi connectivity index (χ4v) is 3.62. The van der Waals surface area contributed by atoms with Crippen LogP contribution in [-0.4, -0.2) is 52.8 Å². The van der Waals surface area contributed by atoms with Crippen LogP contribution >= 0.6 is 11.8 Å². The number of hydrogen-bond acceptors (Lipinski definition) is 3. The molecule has 0 aromatic rings. The Morgan fingerprint density at radius 1 is 1.37 bits per heavy atom. The van der Waals surface area contributed by atoms with Gasteiger partial charge in [0.2, 0.25) is 0 Å². The molecule has 0 aromatic heterocycles. The smallest absolute Gasteiger partial charge is 0.317 e. The Labute approximate surface area is 121 Å². The second kappa shape index (κ2) is 7.39. The summed E-state index contributed by atoms with van der Waals surface area (Å²) in [5, 5.41) is 13.2. The van der Waals surface area contributed by atoms with E-state index >= 15 is 0 Å². The summed E-state index contributed by atoms with van der Waals surface area (Å²) in [6, 6.07) is 0.0563. The summed E-state index contributed by atoms with van der Waals surface area (Å²) in [7, 11) is 0. The molecule has 112 valence electrons. The molecule has 1 rings (SSSR count). The second-order valence-electron chi connectivity index (χ2n) is 6.32. The molecule has 1 heterocycles. The van der Waals surface area contributed by atoms with Crippen molar-refractivity contribution in [3.63, 3.8) is 0 Å². The summed E-state index contributed by atoms with van der Waals surface area (Å²) in [6.45, 7) is 11.0. The number of carbonyl (C=O) groups excluding carboxylic acids is 1. The molecule has 0 radical (unpaired) electrons. The molecule has 4 nitrogen and oxygen atoms in total. The molecule has 0 saturated carbocycles. The van der Waals surface area contributed by atoms with Gasteiger partial charge in [0.05, 0.1) is 0 Å². The van der Waals surface area contributed by atoms with Crippen molar-refractivity contribution in [1.82, 2.24) is 10.2 Å². The molecular formula is C14H28N2O2S. The van der Waals surface area contributed by atoms with Crippen molar-refractivity contribution >= 4 is 17.8 Å². The number of amides is 2. The van der Waals surface area contributed by atoms with Gasteiger partial charge in [0.1, 0.15) is 0 Å². The molecule has 2 amide bonds. The van der Waals surface area contributed by atoms with Gasteiger partial charge in [-0.1, -0.05) is 27.7 Å². The number of hydrogen-bond donors (Lipinski definition) is 2. The van der Waals surface area contributed by atoms with Gasteiger partial charge < -0.3 is 15.3 Å². The van der Waals surface area contributed by atoms with Crippen LogP contribution in [0.5, 0.6) is 0 Å². The van der Waals surface area contributed by atoms with Gasteiger partial charge in [0.25, 0.3) is 0 Å². The largest absolute Gasteiger partial charge is 0.396 e. The zero-order valence-electron chi connectivity index (χ0n) is 12.6. The number of aliphatic hydroxyl groups excluding tert-OH is 1. The SMILES string of the molecule is C[C@@H]1CN(C(=O)NCCCC(C)(C)CO)C[C@@H](C)S1. The molecular weight excluding hydrogens is 260 g/mol. The van der Waals surface area contributed by atoms with Gasteiger partial charge in [-0.3, -0.25) is 0 Å². The van der Waals surface area contributed by atoms with Gasteiger partial charge in [-0.15, -0.1) is 0 Å². The summed E-state index contributed by atoms with van der Waals surface area (Å²) in [6.07, 6.45) is 1.83. The second-order valence-corrected chi connectivity index (χ2v) is 8.20. The lowest BCUT2D eigenvalue weighted by molar-refractivity contribution is 0.147. The zero-order valence-corrected chi connectivity index (χ0v) is 13.4. The van der Waals surface area contributed by atoms with E-state index in [0.29, 0.717) is 17.0 Å². The van der Waals surface area contributed by atoms with Crippen LogP contribution in [0.1, 0.15) is 40.5 Å². The van der Waals surface area contributed by atoms with E-state index in [-0.39, 0.29) is 18.1 Å². The quantitative estimate of drug-likeness (QED) is 0.763. The molecule has 0 spiro atoms. The van der Waals surface area contributed by atoms with E-state index in [1.54, 1.807) is 0 Å². The van der Waals surface area contributed by atoms with Crippen molar-refractivity contribution in [2.24, 2.45) is 5.41 Å². The van der Waals surface area contributed by atoms with Gasteiger partial charge in [-0.05, 0) is 18.3 Å². The Bertz CT molecular complexity index is 287. The van der Waals surface area contributed by atoms with Crippen LogP contribution in [0.3, 0.4) is 0 Å². The lowest BCUT2D eigenvalue weighted by Gasteiger charge is -2.34. The van der Waals surface area contributed by atoms with Crippen LogP contribution in [0.4, 0.5) is 4.79 Å². The van der Waals surface area contributed by atoms with Crippen LogP contribution in [0.25, 0.3) is 0 Å². The van der Waals surface area contributed by atoms with E-state index in [9.17, 15) is 4.79 Å². The summed E-state index contributed by atoms with van der Waals surface area (Å²) in [5.74, 6) is 0. The minimum Gasteiger partial charge on any atom is -0.396 e. The predicted molar refractivity (Wildman–Crippen MR) is 81.6 cm³/mol. The molecule has 0 bridgehead atoms. The summed E-state index contributed by atoms with van der Waals surface area (Å²) in [4.78, 5) is 14.0. The maximum atomic E-state index is 12.0. The molecule has 2 N–H and O–H groups in total. The molecule has 0 unspecified atom stereocenters. The average molecular weight is 288 g/mol. The first-order valence-electron chi connectivity index (χ1n) is 7.13. The van der Waals surface area contributed by atoms with Gasteiger partial charge in [-0.2, -0.15) is 11.8 Å². The van der Waals surface area contributed by atoms with Crippen LogP contribution in [-0.2, 0) is 0 Å². The van der Waals surface area contributed by atoms with Crippen LogP contribution in [0, 0.1) is 5.41 Å². The molecule has 0 aromatic carbocycles. The van der Waals surface area contributed by atoms with Crippen LogP contribution < -0.4 is 5.32 Å². The lowest BCUT2D eigenvalue weighted by atomic mass is 9.89. The molecule has 1 fully saturated rings. The molecule has 0 aliphatic carbocycles. The lowest BCUT2D eigenvalue weighted by Crippen LogP contribution is -2.48. The van der Waals surface area contributed by atoms with Crippen molar-refractivity contribution < 1.29 is 9.90 Å². The third-order valence-electron chi connectivity index (χ3n) is 3.44. The first kappa shape index (κ1) is 16.6. The van der Waals surface area contributed by atoms with Crippen molar-refractivity contribution in [2.45, 2.75) is 51.0 Å². The molecule has 1 aliphatic rings. The van der Waals surface area contributed by atoms with E-state index < -0.39 is 0 Å². The van der Waals surface area contributed by atoms with Crippen molar-refractivity contribution in [3.05, 3.63) is 0 Å². The van der Waals surface area contributed by atoms with Crippen molar-refractivity contribution in [2.75, 3.05) is 26.2 Å². The van der Waals surface area contributed by atoms with Crippen LogP contribution in [0.2, 0.25) is 0 Å². The van der Waals surface area contributed by atoms with E-state index in [1.807, 2.05) is 30.5 Å². The molecule has 19 heavy (non-hydrogen) atoms. The number of aliphatic hydroxyl groups is 1. The molecule has 2 atom stereocenters. The Morgan fingerprint density at radius 2 is 1.95 bits per heavy atom. The first-order valence-corrected chi connectivity index (χ1v) is 8.07. The topological polar surface area (TPSA) is 52.6 Å². The normalized spacial score (nSPS) is 24.4. The Hall–Kier alpha value is -0.420. The fraction of sp³-hybridized carbons (Fsp3) is 0.929. The fourth-order valence-electron chi connectivity index (χ4n) is 2.30. The number of carbonyl (C=O) groups is 1. The highest BCUT2D eigenvalue weighted by molar-refractivity contribution is 8.00. The van der Waals surface area contributed by atoms with E-state index in [2.05, 4.69) is 19.2 Å². The Morgan fingerprint density at radius 3 is 2.47 bits per heavy atom. The van der Waals surface area contributed by atoms with E-state index in [4.69, 9.17) is 5.11 Å². The first-order chi connectivity index (χ1) is 8.84. The maximum Gasteiger partial charge on any atom is 0.317 e. The van der Waals surface area contributed by atoms with Crippen LogP contribution in [0.15, 0.2) is 0 Å². The van der Waals surface area contributed by atoms with Crippen molar-refractivity contribution in [3.8, 4) is 0 Å². The third kappa shape index (κ3) is 6.04. The highest BCUT2D eigenvalue weighted by Gasteiger charge is 2.25. The summed E-state index contributed by atoms with van der Waals surface area (Å²) in [5.41, 5.74) is -0.0461. The highest BCUT2D eigenvalue weighted by Crippen LogP contribution is 2.24. The number of nitrogens with zero attached hydrogens (tertiary/aromatic N) is 1. The molecule has 1 aliphatic heterocycles. The third-order valence-corrected chi connectivity index (χ3v) is 4.67. The summed E-state index contributed by atoms with van der Waals surface area (Å²) >= 11 is 1.95. The number of rotatable bonds is 5. The van der Waals surface area contributed by atoms with Gasteiger partial charge >= 0.3 is 6.03 Å². The van der Waals surface area contributed by atoms with Crippen molar-refractivity contribution in [1.29, 1.82) is 0 Å². The minimum absolute atomic E-state index is 0.0461. The zero-order chi connectivity index (χ0) is 14.5. The molecule has 5 heteroatoms. The number of urea groups is 1. The van der Waals surface area contributed by atoms with Gasteiger partial charge in [0.15, 0.2) is 0 Å². The maximum absolute atomic E-state index is 12.0. The summed E-state index contributed by atoms with van der Waals surface area (Å²) < 4.78 is 0. The number of thioether (sulfide) groups is 1. The standard InChI is InChI=1S/C14H28N2O2S/c1-11-8-16(9-12(2)19-11)13(18)15-7-5-6-14(3,4)10-17/h11-12,17H,5-10H2,1-4H3,(H,15,18)/t11-,12-/m1/s1. The predicted octanol–water partition coefficient (Wildman–Crippen LogP) is 2.32. The van der Waals surface area contributed by atoms with E-state index in [1.165, 1.54) is 0 Å². The highest BCUT2D eigenvalue weighted by atomic mass is 32.2.